The molecule has 1 aromatic heterocycles. The van der Waals surface area contributed by atoms with Gasteiger partial charge in [0.05, 0.1) is 0 Å². The van der Waals surface area contributed by atoms with Gasteiger partial charge in [-0.15, -0.1) is 11.3 Å². The fourth-order valence-corrected chi connectivity index (χ4v) is 4.18. The number of hydrogen-bond acceptors (Lipinski definition) is 2. The molecule has 0 saturated heterocycles. The quantitative estimate of drug-likeness (QED) is 0.671. The summed E-state index contributed by atoms with van der Waals surface area (Å²) in [5, 5.41) is 0.817. The molecule has 78 valence electrons. The van der Waals surface area contributed by atoms with Crippen molar-refractivity contribution < 1.29 is 0 Å². The second-order valence-electron chi connectivity index (χ2n) is 3.36. The molecule has 0 N–H and O–H groups in total. The lowest BCUT2D eigenvalue weighted by atomic mass is 10.1. The zero-order chi connectivity index (χ0) is 11.0. The van der Waals surface area contributed by atoms with Crippen LogP contribution in [0.1, 0.15) is 10.4 Å². The third-order valence-corrected chi connectivity index (χ3v) is 4.94. The number of benzene rings is 1. The molecule has 16 heavy (non-hydrogen) atoms. The van der Waals surface area contributed by atoms with E-state index in [1.807, 2.05) is 30.3 Å². The molecule has 0 unspecified atom stereocenters. The van der Waals surface area contributed by atoms with Crippen molar-refractivity contribution in [2.24, 2.45) is 0 Å². The fraction of sp³-hybridized carbons (Fsp3) is 0. The molecule has 0 saturated carbocycles. The van der Waals surface area contributed by atoms with Crippen molar-refractivity contribution >= 4 is 58.0 Å². The first-order valence-corrected chi connectivity index (χ1v) is 7.94. The number of hydrogen-bond donors (Lipinski definition) is 0. The molecule has 1 aliphatic rings. The highest BCUT2D eigenvalue weighted by atomic mass is 127. The van der Waals surface area contributed by atoms with Crippen LogP contribution in [0.15, 0.2) is 33.1 Å². The average molecular weight is 338 g/mol. The van der Waals surface area contributed by atoms with Crippen molar-refractivity contribution in [3.8, 4) is 0 Å². The first kappa shape index (κ1) is 10.1. The maximum Gasteiger partial charge on any atom is 0.196 e. The maximum absolute atomic E-state index is 12.2. The van der Waals surface area contributed by atoms with E-state index < -0.39 is 0 Å². The highest BCUT2D eigenvalue weighted by Gasteiger charge is 2.08. The van der Waals surface area contributed by atoms with Crippen molar-refractivity contribution in [1.29, 1.82) is 0 Å². The van der Waals surface area contributed by atoms with E-state index in [4.69, 9.17) is 0 Å². The van der Waals surface area contributed by atoms with E-state index in [0.29, 0.717) is 0 Å². The van der Waals surface area contributed by atoms with E-state index in [0.717, 1.165) is 20.5 Å². The Kier molecular flexibility index (Phi) is 2.59. The Morgan fingerprint density at radius 1 is 1.25 bits per heavy atom. The molecule has 3 heteroatoms. The third kappa shape index (κ3) is 1.61. The summed E-state index contributed by atoms with van der Waals surface area (Å²) in [4.78, 5) is 13.3. The van der Waals surface area contributed by atoms with E-state index in [2.05, 4.69) is 13.8 Å². The second kappa shape index (κ2) is 4.09. The summed E-state index contributed by atoms with van der Waals surface area (Å²) in [6.45, 7) is 0. The highest BCUT2D eigenvalue weighted by molar-refractivity contribution is 14.2. The molecular formula is C13H7IOS. The van der Waals surface area contributed by atoms with Crippen LogP contribution in [-0.4, -0.2) is 3.67 Å². The van der Waals surface area contributed by atoms with Gasteiger partial charge in [0.25, 0.3) is 0 Å². The van der Waals surface area contributed by atoms with Crippen LogP contribution in [0.3, 0.4) is 0 Å². The van der Waals surface area contributed by atoms with Crippen molar-refractivity contribution in [2.45, 2.75) is 0 Å². The first-order valence-electron chi connectivity index (χ1n) is 4.80. The van der Waals surface area contributed by atoms with Crippen LogP contribution in [0.4, 0.5) is 0 Å². The number of fused-ring (bicyclic) bond motifs is 2. The Morgan fingerprint density at radius 3 is 3.06 bits per heavy atom. The monoisotopic (exact) mass is 338 g/mol. The summed E-state index contributed by atoms with van der Waals surface area (Å²) in [6.07, 6.45) is 3.94. The molecule has 0 radical (unpaired) electrons. The van der Waals surface area contributed by atoms with Crippen molar-refractivity contribution in [1.82, 2.24) is 0 Å². The zero-order valence-corrected chi connectivity index (χ0v) is 11.2. The van der Waals surface area contributed by atoms with Gasteiger partial charge in [-0.1, -0.05) is 15.8 Å². The van der Waals surface area contributed by atoms with Gasteiger partial charge < -0.3 is 0 Å². The minimum atomic E-state index is -0.141. The molecule has 0 bridgehead atoms. The number of halogens is 1. The van der Waals surface area contributed by atoms with Gasteiger partial charge in [0.2, 0.25) is 0 Å². The van der Waals surface area contributed by atoms with Crippen LogP contribution in [0.25, 0.3) is 22.2 Å². The Morgan fingerprint density at radius 2 is 2.12 bits per heavy atom. The molecule has 1 aliphatic heterocycles. The third-order valence-electron chi connectivity index (χ3n) is 2.40. The summed E-state index contributed by atoms with van der Waals surface area (Å²) in [7, 11) is 0. The van der Waals surface area contributed by atoms with Crippen LogP contribution >= 0.6 is 32.1 Å². The fourth-order valence-electron chi connectivity index (χ4n) is 1.65. The highest BCUT2D eigenvalue weighted by Crippen LogP contribution is 2.25. The Labute approximate surface area is 106 Å². The molecule has 2 heterocycles. The molecular weight excluding hydrogens is 331 g/mol. The smallest absolute Gasteiger partial charge is 0.196 e. The van der Waals surface area contributed by atoms with E-state index in [-0.39, 0.29) is 26.2 Å². The Hall–Kier alpha value is -1.03. The van der Waals surface area contributed by atoms with Gasteiger partial charge in [-0.3, -0.25) is 4.79 Å². The van der Waals surface area contributed by atoms with Crippen LogP contribution in [0.5, 0.6) is 0 Å². The van der Waals surface area contributed by atoms with Gasteiger partial charge in [-0.05, 0) is 49.1 Å². The van der Waals surface area contributed by atoms with Crippen LogP contribution in [0.2, 0.25) is 0 Å². The number of rotatable bonds is 0. The lowest BCUT2D eigenvalue weighted by Gasteiger charge is -2.01. The minimum absolute atomic E-state index is 0.132. The van der Waals surface area contributed by atoms with Gasteiger partial charge >= 0.3 is 0 Å². The van der Waals surface area contributed by atoms with E-state index in [9.17, 15) is 4.79 Å². The van der Waals surface area contributed by atoms with Crippen LogP contribution < -0.4 is 5.43 Å². The van der Waals surface area contributed by atoms with Gasteiger partial charge in [-0.25, -0.2) is 0 Å². The molecule has 0 atom stereocenters. The molecule has 0 amide bonds. The van der Waals surface area contributed by atoms with Gasteiger partial charge in [0.15, 0.2) is 5.43 Å². The lowest BCUT2D eigenvalue weighted by Crippen LogP contribution is -2.05. The van der Waals surface area contributed by atoms with Crippen molar-refractivity contribution in [3.63, 3.8) is 0 Å². The molecule has 0 aliphatic carbocycles. The van der Waals surface area contributed by atoms with E-state index >= 15 is 0 Å². The summed E-state index contributed by atoms with van der Waals surface area (Å²) >= 11 is 1.53. The second-order valence-corrected chi connectivity index (χ2v) is 6.41. The first-order chi connectivity index (χ1) is 7.86. The van der Waals surface area contributed by atoms with Crippen LogP contribution in [-0.2, 0) is 0 Å². The zero-order valence-electron chi connectivity index (χ0n) is 8.24. The summed E-state index contributed by atoms with van der Waals surface area (Å²) in [5.74, 6) is 0. The Bertz CT molecular complexity index is 718. The van der Waals surface area contributed by atoms with Gasteiger partial charge in [0, 0.05) is 20.5 Å². The molecule has 3 rings (SSSR count). The topological polar surface area (TPSA) is 17.1 Å². The SMILES string of the molecule is O=c1c2c(sc3ccccc13)C=CI=C=C2. The average Bonchev–Trinajstić information content (AvgIpc) is 2.55. The van der Waals surface area contributed by atoms with Gasteiger partial charge in [-0.2, -0.15) is 0 Å². The van der Waals surface area contributed by atoms with E-state index in [1.54, 1.807) is 11.3 Å². The van der Waals surface area contributed by atoms with E-state index in [1.165, 1.54) is 0 Å². The lowest BCUT2D eigenvalue weighted by molar-refractivity contribution is 1.65. The molecule has 0 spiro atoms. The summed E-state index contributed by atoms with van der Waals surface area (Å²) in [5.41, 5.74) is 0.935. The summed E-state index contributed by atoms with van der Waals surface area (Å²) < 4.78 is 6.42. The van der Waals surface area contributed by atoms with Crippen molar-refractivity contribution in [2.75, 3.05) is 0 Å². The summed E-state index contributed by atoms with van der Waals surface area (Å²) in [6, 6.07) is 7.78. The predicted octanol–water partition coefficient (Wildman–Crippen LogP) is 3.63. The van der Waals surface area contributed by atoms with Crippen molar-refractivity contribution in [3.05, 3.63) is 49.0 Å². The van der Waals surface area contributed by atoms with Crippen LogP contribution in [0, 0.1) is 0 Å². The maximum atomic E-state index is 12.2. The van der Waals surface area contributed by atoms with Gasteiger partial charge in [0.1, 0.15) is 0 Å². The normalized spacial score (nSPS) is 13.2. The standard InChI is InChI=1S/C13H7IOS/c15-13-9-3-1-2-4-11(9)16-12-6-8-14-7-5-10(12)13/h1-6,8H. The molecule has 1 aromatic carbocycles. The molecule has 1 nitrogen and oxygen atoms in total. The Balaban J connectivity index is 2.52. The molecule has 0 fully saturated rings. The molecule has 2 aromatic rings. The minimum Gasteiger partial charge on any atom is -0.288 e. The predicted molar refractivity (Wildman–Crippen MR) is 80.6 cm³/mol. The largest absolute Gasteiger partial charge is 0.288 e.